The minimum absolute atomic E-state index is 0.0309. The number of allylic oxidation sites excluding steroid dienone is 1. The molecular weight excluding hydrogens is 308 g/mol. The summed E-state index contributed by atoms with van der Waals surface area (Å²) < 4.78 is 11.3. The van der Waals surface area contributed by atoms with Gasteiger partial charge in [-0.25, -0.2) is 4.79 Å². The van der Waals surface area contributed by atoms with Crippen molar-refractivity contribution in [3.05, 3.63) is 47.5 Å². The van der Waals surface area contributed by atoms with E-state index in [4.69, 9.17) is 9.47 Å². The second kappa shape index (κ2) is 6.23. The van der Waals surface area contributed by atoms with Crippen LogP contribution in [0.3, 0.4) is 0 Å². The molecule has 1 saturated carbocycles. The monoisotopic (exact) mass is 328 g/mol. The number of benzene rings is 1. The molecular formula is C19H20O5. The molecule has 1 aromatic rings. The Morgan fingerprint density at radius 1 is 1.21 bits per heavy atom. The first-order valence-corrected chi connectivity index (χ1v) is 8.09. The lowest BCUT2D eigenvalue weighted by Gasteiger charge is -2.45. The van der Waals surface area contributed by atoms with Crippen molar-refractivity contribution < 1.29 is 23.9 Å². The maximum atomic E-state index is 12.4. The Labute approximate surface area is 140 Å². The number of fused-ring (bicyclic) bond motifs is 1. The summed E-state index contributed by atoms with van der Waals surface area (Å²) in [6.07, 6.45) is 2.54. The maximum absolute atomic E-state index is 12.4. The molecule has 3 rings (SSSR count). The van der Waals surface area contributed by atoms with Gasteiger partial charge in [-0.2, -0.15) is 0 Å². The third-order valence-electron chi connectivity index (χ3n) is 4.85. The molecule has 126 valence electrons. The average molecular weight is 328 g/mol. The van der Waals surface area contributed by atoms with Crippen LogP contribution in [-0.4, -0.2) is 29.4 Å². The number of esters is 2. The van der Waals surface area contributed by atoms with Gasteiger partial charge in [0.05, 0.1) is 5.56 Å². The summed E-state index contributed by atoms with van der Waals surface area (Å²) >= 11 is 0. The van der Waals surface area contributed by atoms with Gasteiger partial charge in [0.1, 0.15) is 6.10 Å². The fourth-order valence-corrected chi connectivity index (χ4v) is 3.72. The number of ketones is 1. The molecule has 3 atom stereocenters. The molecule has 0 aliphatic heterocycles. The zero-order chi connectivity index (χ0) is 17.3. The molecule has 1 fully saturated rings. The number of carbonyl (C=O) groups is 3. The summed E-state index contributed by atoms with van der Waals surface area (Å²) in [5.41, 5.74) is 0.411. The first-order chi connectivity index (χ1) is 11.4. The van der Waals surface area contributed by atoms with Crippen molar-refractivity contribution in [2.75, 3.05) is 0 Å². The van der Waals surface area contributed by atoms with Gasteiger partial charge in [-0.1, -0.05) is 23.8 Å². The Balaban J connectivity index is 1.86. The predicted octanol–water partition coefficient (Wildman–Crippen LogP) is 2.84. The summed E-state index contributed by atoms with van der Waals surface area (Å²) in [5.74, 6) is -1.09. The molecule has 0 amide bonds. The van der Waals surface area contributed by atoms with Crippen molar-refractivity contribution in [2.45, 2.75) is 44.8 Å². The van der Waals surface area contributed by atoms with Crippen LogP contribution in [0.15, 0.2) is 42.0 Å². The van der Waals surface area contributed by atoms with Gasteiger partial charge in [-0.3, -0.25) is 9.59 Å². The van der Waals surface area contributed by atoms with Crippen molar-refractivity contribution in [1.82, 2.24) is 0 Å². The van der Waals surface area contributed by atoms with Gasteiger partial charge in [0, 0.05) is 19.3 Å². The first-order valence-electron chi connectivity index (χ1n) is 8.09. The van der Waals surface area contributed by atoms with Crippen molar-refractivity contribution in [2.24, 2.45) is 5.92 Å². The van der Waals surface area contributed by atoms with Gasteiger partial charge >= 0.3 is 11.9 Å². The molecule has 1 aromatic carbocycles. The second-order valence-corrected chi connectivity index (χ2v) is 6.52. The molecule has 0 bridgehead atoms. The van der Waals surface area contributed by atoms with E-state index < -0.39 is 23.6 Å². The molecule has 5 heteroatoms. The van der Waals surface area contributed by atoms with E-state index in [0.717, 1.165) is 5.57 Å². The van der Waals surface area contributed by atoms with Crippen LogP contribution in [0.4, 0.5) is 0 Å². The third-order valence-corrected chi connectivity index (χ3v) is 4.85. The van der Waals surface area contributed by atoms with Crippen LogP contribution >= 0.6 is 0 Å². The summed E-state index contributed by atoms with van der Waals surface area (Å²) in [7, 11) is 0. The number of carbonyl (C=O) groups excluding carboxylic acids is 3. The molecule has 0 heterocycles. The van der Waals surface area contributed by atoms with Gasteiger partial charge in [-0.15, -0.1) is 0 Å². The summed E-state index contributed by atoms with van der Waals surface area (Å²) in [6, 6.07) is 8.71. The van der Waals surface area contributed by atoms with E-state index in [1.54, 1.807) is 37.3 Å². The van der Waals surface area contributed by atoms with E-state index in [9.17, 15) is 14.4 Å². The molecule has 24 heavy (non-hydrogen) atoms. The average Bonchev–Trinajstić information content (AvgIpc) is 2.92. The predicted molar refractivity (Wildman–Crippen MR) is 86.2 cm³/mol. The Morgan fingerprint density at radius 3 is 2.58 bits per heavy atom. The van der Waals surface area contributed by atoms with Crippen LogP contribution in [0, 0.1) is 5.92 Å². The molecule has 0 spiro atoms. The fraction of sp³-hybridized carbons (Fsp3) is 0.421. The van der Waals surface area contributed by atoms with Crippen LogP contribution in [0.25, 0.3) is 0 Å². The Hall–Kier alpha value is -2.43. The normalized spacial score (nSPS) is 28.8. The molecule has 0 N–H and O–H groups in total. The van der Waals surface area contributed by atoms with E-state index in [1.807, 2.05) is 6.07 Å². The Morgan fingerprint density at radius 2 is 1.92 bits per heavy atom. The van der Waals surface area contributed by atoms with Crippen LogP contribution < -0.4 is 0 Å². The van der Waals surface area contributed by atoms with Crippen LogP contribution in [0.1, 0.15) is 43.5 Å². The SMILES string of the molecule is CC(=O)O[C@]1(C)[C@@H](OC(=O)c2ccccc2)CCC2=CC(=O)C[C@H]21. The molecule has 2 aliphatic carbocycles. The van der Waals surface area contributed by atoms with E-state index >= 15 is 0 Å². The Kier molecular flexibility index (Phi) is 4.26. The number of rotatable bonds is 3. The highest BCUT2D eigenvalue weighted by Crippen LogP contribution is 2.46. The smallest absolute Gasteiger partial charge is 0.338 e. The minimum atomic E-state index is -1.02. The standard InChI is InChI=1S/C19H20O5/c1-12(20)24-19(2)16-11-15(21)10-14(16)8-9-17(19)23-18(22)13-6-4-3-5-7-13/h3-7,10,16-17H,8-9,11H2,1-2H3/t16-,17+,19+/m1/s1. The van der Waals surface area contributed by atoms with Gasteiger partial charge in [0.2, 0.25) is 0 Å². The van der Waals surface area contributed by atoms with Gasteiger partial charge in [0.25, 0.3) is 0 Å². The Bertz CT molecular complexity index is 706. The van der Waals surface area contributed by atoms with Crippen molar-refractivity contribution in [3.8, 4) is 0 Å². The fourth-order valence-electron chi connectivity index (χ4n) is 3.72. The highest BCUT2D eigenvalue weighted by atomic mass is 16.6. The zero-order valence-electron chi connectivity index (χ0n) is 13.8. The van der Waals surface area contributed by atoms with Gasteiger partial charge < -0.3 is 9.47 Å². The van der Waals surface area contributed by atoms with Crippen LogP contribution in [0.2, 0.25) is 0 Å². The largest absolute Gasteiger partial charge is 0.455 e. The summed E-state index contributed by atoms with van der Waals surface area (Å²) in [6.45, 7) is 3.09. The van der Waals surface area contributed by atoms with E-state index in [0.29, 0.717) is 24.8 Å². The maximum Gasteiger partial charge on any atom is 0.338 e. The van der Waals surface area contributed by atoms with Crippen molar-refractivity contribution in [1.29, 1.82) is 0 Å². The van der Waals surface area contributed by atoms with E-state index in [1.165, 1.54) is 6.92 Å². The summed E-state index contributed by atoms with van der Waals surface area (Å²) in [5, 5.41) is 0. The molecule has 0 saturated heterocycles. The van der Waals surface area contributed by atoms with Crippen molar-refractivity contribution in [3.63, 3.8) is 0 Å². The van der Waals surface area contributed by atoms with Gasteiger partial charge in [0.15, 0.2) is 11.4 Å². The molecule has 5 nitrogen and oxygen atoms in total. The van der Waals surface area contributed by atoms with E-state index in [-0.39, 0.29) is 11.7 Å². The summed E-state index contributed by atoms with van der Waals surface area (Å²) in [4.78, 5) is 35.8. The minimum Gasteiger partial charge on any atom is -0.455 e. The zero-order valence-corrected chi connectivity index (χ0v) is 13.8. The highest BCUT2D eigenvalue weighted by Gasteiger charge is 2.53. The van der Waals surface area contributed by atoms with Crippen LogP contribution in [0.5, 0.6) is 0 Å². The molecule has 0 radical (unpaired) electrons. The lowest BCUT2D eigenvalue weighted by atomic mass is 9.72. The second-order valence-electron chi connectivity index (χ2n) is 6.52. The molecule has 2 aliphatic rings. The topological polar surface area (TPSA) is 69.7 Å². The first kappa shape index (κ1) is 16.4. The van der Waals surface area contributed by atoms with Gasteiger partial charge in [-0.05, 0) is 38.0 Å². The quantitative estimate of drug-likeness (QED) is 0.798. The molecule has 0 unspecified atom stereocenters. The highest BCUT2D eigenvalue weighted by molar-refractivity contribution is 5.94. The van der Waals surface area contributed by atoms with Crippen molar-refractivity contribution >= 4 is 17.7 Å². The molecule has 0 aromatic heterocycles. The number of hydrogen-bond donors (Lipinski definition) is 0. The van der Waals surface area contributed by atoms with E-state index in [2.05, 4.69) is 0 Å². The number of hydrogen-bond acceptors (Lipinski definition) is 5. The third kappa shape index (κ3) is 2.98. The lowest BCUT2D eigenvalue weighted by molar-refractivity contribution is -0.180. The van der Waals surface area contributed by atoms with Crippen LogP contribution in [-0.2, 0) is 19.1 Å². The lowest BCUT2D eigenvalue weighted by Crippen LogP contribution is -2.54. The number of ether oxygens (including phenoxy) is 2.